The number of oxime groups is 1. The molecule has 3 atom stereocenters. The number of carbonyl (C=O) groups excluding carboxylic acids is 4. The molecule has 4 amide bonds. The molecule has 2 aliphatic rings. The number of amides is 4. The van der Waals surface area contributed by atoms with E-state index in [4.69, 9.17) is 15.1 Å². The number of nitrogens with zero attached hydrogens (tertiary/aromatic N) is 3. The van der Waals surface area contributed by atoms with Crippen LogP contribution < -0.4 is 27.2 Å². The van der Waals surface area contributed by atoms with Crippen LogP contribution in [-0.2, 0) is 37.9 Å². The lowest BCUT2D eigenvalue weighted by Gasteiger charge is -2.45. The molecule has 42 heavy (non-hydrogen) atoms. The first-order chi connectivity index (χ1) is 19.5. The van der Waals surface area contributed by atoms with E-state index >= 15 is 0 Å². The van der Waals surface area contributed by atoms with Gasteiger partial charge >= 0.3 is 13.7 Å². The first kappa shape index (κ1) is 32.0. The van der Waals surface area contributed by atoms with Crippen LogP contribution in [0.4, 0.5) is 5.13 Å². The number of hydrazine groups is 1. The zero-order valence-electron chi connectivity index (χ0n) is 22.2. The third kappa shape index (κ3) is 7.40. The summed E-state index contributed by atoms with van der Waals surface area (Å²) in [5, 5.41) is 28.3. The number of aliphatic carboxylic acids is 1. The third-order valence-corrected chi connectivity index (χ3v) is 7.86. The number of nitrogen functional groups attached to an aromatic ring is 1. The Kier molecular flexibility index (Phi) is 9.57. The predicted octanol–water partition coefficient (Wildman–Crippen LogP) is -1.43. The molecular weight excluding hydrogens is 603 g/mol. The van der Waals surface area contributed by atoms with Crippen LogP contribution in [0, 0.1) is 0 Å². The van der Waals surface area contributed by atoms with Crippen LogP contribution in [0.5, 0.6) is 0 Å². The number of allylic oxidation sites excluding steroid dienone is 1. The molecule has 1 aromatic heterocycles. The van der Waals surface area contributed by atoms with Gasteiger partial charge < -0.3 is 36.3 Å². The van der Waals surface area contributed by atoms with Crippen LogP contribution in [0.2, 0.25) is 0 Å². The maximum atomic E-state index is 13.0. The van der Waals surface area contributed by atoms with E-state index in [1.54, 1.807) is 0 Å². The lowest BCUT2D eigenvalue weighted by Crippen LogP contribution is -2.68. The number of hydrogen-bond acceptors (Lipinski definition) is 14. The SMILES string of the molecule is C[C@H]1[C@H](NC(=O)/C(=N\OC(C)(C)C(=O)O)c2csc(N)n2)C(=O)N1P(=O)(O)OCC(=O)NNC(=O)C1=CCC(O)=CN1. The molecule has 0 aromatic carbocycles. The molecule has 1 fully saturated rings. The molecule has 19 nitrogen and oxygen atoms in total. The molecule has 1 aromatic rings. The van der Waals surface area contributed by atoms with E-state index < -0.39 is 67.3 Å². The summed E-state index contributed by atoms with van der Waals surface area (Å²) in [4.78, 5) is 80.2. The van der Waals surface area contributed by atoms with Gasteiger partial charge in [0.25, 0.3) is 23.6 Å². The van der Waals surface area contributed by atoms with Gasteiger partial charge in [0, 0.05) is 18.0 Å². The first-order valence-electron chi connectivity index (χ1n) is 11.8. The van der Waals surface area contributed by atoms with Gasteiger partial charge in [-0.3, -0.25) is 34.6 Å². The van der Waals surface area contributed by atoms with Crippen LogP contribution in [0.25, 0.3) is 0 Å². The minimum absolute atomic E-state index is 0.00807. The third-order valence-electron chi connectivity index (χ3n) is 5.61. The highest BCUT2D eigenvalue weighted by molar-refractivity contribution is 7.51. The molecule has 3 rings (SSSR count). The molecule has 1 saturated heterocycles. The lowest BCUT2D eigenvalue weighted by molar-refractivity contribution is -0.161. The fourth-order valence-corrected chi connectivity index (χ4v) is 5.16. The summed E-state index contributed by atoms with van der Waals surface area (Å²) in [7, 11) is -4.90. The van der Waals surface area contributed by atoms with Crippen LogP contribution in [-0.4, -0.2) is 84.4 Å². The van der Waals surface area contributed by atoms with Gasteiger partial charge in [-0.15, -0.1) is 11.3 Å². The standard InChI is InChI=1S/C21H27N8O11PS/c1-9-14(25-17(33)15(12-8-42-20(22)24-12)28-40-21(2,3)19(35)36)18(34)29(9)41(37,38)39-7-13(31)26-27-16(32)11-5-4-10(30)6-23-11/h5-6,8-9,14,23,30H,4,7H2,1-3H3,(H2,22,24)(H,25,33)(H,26,31)(H,27,32)(H,35,36)(H,37,38)/b28-15-/t9-,14-/m0/s1. The van der Waals surface area contributed by atoms with Crippen molar-refractivity contribution in [2.24, 2.45) is 5.16 Å². The fourth-order valence-electron chi connectivity index (χ4n) is 3.23. The van der Waals surface area contributed by atoms with Crippen LogP contribution in [0.15, 0.2) is 34.3 Å². The first-order valence-corrected chi connectivity index (χ1v) is 14.2. The topological polar surface area (TPSA) is 284 Å². The van der Waals surface area contributed by atoms with Crippen molar-refractivity contribution in [3.63, 3.8) is 0 Å². The number of β-lactam (4-membered cyclic amide) rings is 1. The fraction of sp³-hybridized carbons (Fsp3) is 0.381. The number of aliphatic hydroxyl groups excluding tert-OH is 1. The average molecular weight is 631 g/mol. The summed E-state index contributed by atoms with van der Waals surface area (Å²) in [6, 6.07) is -2.44. The molecule has 1 unspecified atom stereocenters. The van der Waals surface area contributed by atoms with Crippen molar-refractivity contribution < 1.29 is 53.0 Å². The number of nitrogens with one attached hydrogen (secondary N) is 4. The van der Waals surface area contributed by atoms with Crippen molar-refractivity contribution in [1.29, 1.82) is 0 Å². The second-order valence-electron chi connectivity index (χ2n) is 9.16. The average Bonchev–Trinajstić information content (AvgIpc) is 3.35. The van der Waals surface area contributed by atoms with Crippen LogP contribution >= 0.6 is 19.1 Å². The van der Waals surface area contributed by atoms with E-state index in [9.17, 15) is 43.6 Å². The smallest absolute Gasteiger partial charge is 0.435 e. The Balaban J connectivity index is 1.58. The Hall–Kier alpha value is -4.52. The number of aliphatic hydroxyl groups is 1. The molecule has 0 bridgehead atoms. The molecule has 228 valence electrons. The normalized spacial score (nSPS) is 20.1. The Morgan fingerprint density at radius 1 is 1.33 bits per heavy atom. The van der Waals surface area contributed by atoms with Crippen LogP contribution in [0.3, 0.4) is 0 Å². The molecule has 0 spiro atoms. The van der Waals surface area contributed by atoms with Gasteiger partial charge in [0.05, 0.1) is 6.04 Å². The molecule has 0 aliphatic carbocycles. The number of nitrogens with two attached hydrogens (primary N) is 1. The maximum absolute atomic E-state index is 13.0. The van der Waals surface area contributed by atoms with Crippen molar-refractivity contribution in [3.8, 4) is 0 Å². The van der Waals surface area contributed by atoms with Gasteiger partial charge in [0.2, 0.25) is 5.60 Å². The molecule has 21 heteroatoms. The zero-order valence-corrected chi connectivity index (χ0v) is 23.9. The molecule has 2 aliphatic heterocycles. The number of carboxylic acids is 1. The second kappa shape index (κ2) is 12.6. The van der Waals surface area contributed by atoms with Crippen molar-refractivity contribution in [3.05, 3.63) is 34.8 Å². The van der Waals surface area contributed by atoms with Crippen LogP contribution in [0.1, 0.15) is 32.9 Å². The van der Waals surface area contributed by atoms with Gasteiger partial charge in [-0.25, -0.2) is 19.0 Å². The molecule has 9 N–H and O–H groups in total. The summed E-state index contributed by atoms with van der Waals surface area (Å²) in [6.45, 7) is 2.65. The summed E-state index contributed by atoms with van der Waals surface area (Å²) in [6.07, 6.45) is 2.62. The number of aromatic nitrogens is 1. The van der Waals surface area contributed by atoms with Gasteiger partial charge in [-0.05, 0) is 26.8 Å². The van der Waals surface area contributed by atoms with Crippen molar-refractivity contribution in [2.45, 2.75) is 44.9 Å². The number of carbonyl (C=O) groups is 5. The van der Waals surface area contributed by atoms with E-state index in [2.05, 4.69) is 20.8 Å². The number of anilines is 1. The van der Waals surface area contributed by atoms with Gasteiger partial charge in [-0.1, -0.05) is 5.16 Å². The number of carboxylic acid groups (broad SMARTS) is 1. The minimum atomic E-state index is -4.90. The van der Waals surface area contributed by atoms with Crippen molar-refractivity contribution in [2.75, 3.05) is 12.3 Å². The summed E-state index contributed by atoms with van der Waals surface area (Å²) < 4.78 is 17.9. The van der Waals surface area contributed by atoms with E-state index in [1.165, 1.54) is 38.4 Å². The van der Waals surface area contributed by atoms with E-state index in [-0.39, 0.29) is 28.7 Å². The summed E-state index contributed by atoms with van der Waals surface area (Å²) >= 11 is 0.953. The van der Waals surface area contributed by atoms with E-state index in [0.717, 1.165) is 11.3 Å². The summed E-state index contributed by atoms with van der Waals surface area (Å²) in [5.74, 6) is -5.26. The highest BCUT2D eigenvalue weighted by atomic mass is 32.1. The largest absolute Gasteiger partial charge is 0.510 e. The molecule has 0 radical (unpaired) electrons. The molecular formula is C21H27N8O11PS. The maximum Gasteiger partial charge on any atom is 0.435 e. The zero-order chi connectivity index (χ0) is 31.4. The van der Waals surface area contributed by atoms with Crippen molar-refractivity contribution >= 4 is 59.5 Å². The number of thiazole rings is 1. The monoisotopic (exact) mass is 630 g/mol. The van der Waals surface area contributed by atoms with E-state index in [0.29, 0.717) is 4.67 Å². The predicted molar refractivity (Wildman–Crippen MR) is 143 cm³/mol. The van der Waals surface area contributed by atoms with Crippen molar-refractivity contribution in [1.82, 2.24) is 31.1 Å². The number of rotatable bonds is 11. The Labute approximate surface area is 241 Å². The van der Waals surface area contributed by atoms with Gasteiger partial charge in [0.1, 0.15) is 29.8 Å². The second-order valence-corrected chi connectivity index (χ2v) is 11.7. The summed E-state index contributed by atoms with van der Waals surface area (Å²) in [5.41, 5.74) is 7.21. The highest BCUT2D eigenvalue weighted by Crippen LogP contribution is 2.52. The molecule has 0 saturated carbocycles. The molecule has 3 heterocycles. The Morgan fingerprint density at radius 2 is 2.02 bits per heavy atom. The Bertz CT molecular complexity index is 1440. The lowest BCUT2D eigenvalue weighted by atomic mass is 10.0. The van der Waals surface area contributed by atoms with E-state index in [1.807, 2.05) is 10.9 Å². The number of hydrogen-bond donors (Lipinski definition) is 8. The Morgan fingerprint density at radius 3 is 2.57 bits per heavy atom. The number of dihydropyridines is 1. The van der Waals surface area contributed by atoms with Gasteiger partial charge in [0.15, 0.2) is 10.8 Å². The highest BCUT2D eigenvalue weighted by Gasteiger charge is 2.54. The van der Waals surface area contributed by atoms with Gasteiger partial charge in [-0.2, -0.15) is 0 Å². The minimum Gasteiger partial charge on any atom is -0.510 e. The quantitative estimate of drug-likeness (QED) is 0.0602.